The van der Waals surface area contributed by atoms with Crippen LogP contribution in [0.5, 0.6) is 5.75 Å². The number of ether oxygens (including phenoxy) is 1. The fraction of sp³-hybridized carbons (Fsp3) is 0.478. The lowest BCUT2D eigenvalue weighted by atomic mass is 9.75. The van der Waals surface area contributed by atoms with E-state index >= 15 is 0 Å². The minimum absolute atomic E-state index is 0.0539. The van der Waals surface area contributed by atoms with Crippen molar-refractivity contribution in [3.8, 4) is 5.75 Å². The first-order chi connectivity index (χ1) is 12.9. The van der Waals surface area contributed by atoms with Crippen LogP contribution < -0.4 is 5.32 Å². The van der Waals surface area contributed by atoms with Crippen LogP contribution in [-0.2, 0) is 10.2 Å². The van der Waals surface area contributed by atoms with Crippen LogP contribution in [0.3, 0.4) is 0 Å². The van der Waals surface area contributed by atoms with E-state index in [-0.39, 0.29) is 41.9 Å². The number of nitrogens with one attached hydrogen (secondary N) is 1. The van der Waals surface area contributed by atoms with Crippen molar-refractivity contribution in [2.24, 2.45) is 5.92 Å². The van der Waals surface area contributed by atoms with Gasteiger partial charge >= 0.3 is 0 Å². The van der Waals surface area contributed by atoms with Crippen LogP contribution in [-0.4, -0.2) is 22.9 Å². The quantitative estimate of drug-likeness (QED) is 0.721. The summed E-state index contributed by atoms with van der Waals surface area (Å²) in [4.78, 5) is 0. The molecule has 3 N–H and O–H groups in total. The number of hydrogen-bond donors (Lipinski definition) is 3. The summed E-state index contributed by atoms with van der Waals surface area (Å²) in [5.74, 6) is 0.544. The predicted octanol–water partition coefficient (Wildman–Crippen LogP) is 4.69. The Balaban J connectivity index is 1.78. The number of rotatable bonds is 2. The highest BCUT2D eigenvalue weighted by atomic mass is 16.5. The Morgan fingerprint density at radius 3 is 2.63 bits per heavy atom. The Bertz CT molecular complexity index is 827. The standard InChI is InChI=1S/C23H29NO3/c1-23(2,3)15-7-10-20-19(12-15)22-18(9-8-17(13-25)27-22)21(24-20)14-5-4-6-16(26)11-14/h4-7,10-12,17-18,21-22,24-26H,8-9,13H2,1-3H3/t17?,18-,21+,22-/m0/s1. The number of hydrogen-bond acceptors (Lipinski definition) is 4. The van der Waals surface area contributed by atoms with Crippen molar-refractivity contribution < 1.29 is 14.9 Å². The van der Waals surface area contributed by atoms with Gasteiger partial charge in [-0.05, 0) is 47.6 Å². The van der Waals surface area contributed by atoms with Gasteiger partial charge in [-0.1, -0.05) is 45.0 Å². The molecule has 4 heteroatoms. The molecule has 0 spiro atoms. The Morgan fingerprint density at radius 2 is 1.93 bits per heavy atom. The van der Waals surface area contributed by atoms with Crippen molar-refractivity contribution in [2.45, 2.75) is 57.3 Å². The molecule has 4 rings (SSSR count). The molecule has 0 aromatic heterocycles. The van der Waals surface area contributed by atoms with E-state index in [0.29, 0.717) is 0 Å². The van der Waals surface area contributed by atoms with Gasteiger partial charge in [0.15, 0.2) is 0 Å². The number of fused-ring (bicyclic) bond motifs is 3. The summed E-state index contributed by atoms with van der Waals surface area (Å²) in [6, 6.07) is 14.1. The van der Waals surface area contributed by atoms with Gasteiger partial charge in [0, 0.05) is 17.2 Å². The normalized spacial score (nSPS) is 27.4. The molecule has 2 aliphatic rings. The molecule has 1 unspecified atom stereocenters. The number of aromatic hydroxyl groups is 1. The topological polar surface area (TPSA) is 61.7 Å². The fourth-order valence-electron chi connectivity index (χ4n) is 4.41. The summed E-state index contributed by atoms with van der Waals surface area (Å²) >= 11 is 0. The molecule has 0 aliphatic carbocycles. The van der Waals surface area contributed by atoms with E-state index in [4.69, 9.17) is 4.74 Å². The molecule has 27 heavy (non-hydrogen) atoms. The average molecular weight is 367 g/mol. The van der Waals surface area contributed by atoms with Gasteiger partial charge in [0.1, 0.15) is 5.75 Å². The van der Waals surface area contributed by atoms with Crippen LogP contribution in [0.25, 0.3) is 0 Å². The van der Waals surface area contributed by atoms with Crippen molar-refractivity contribution in [1.29, 1.82) is 0 Å². The van der Waals surface area contributed by atoms with E-state index < -0.39 is 0 Å². The highest BCUT2D eigenvalue weighted by Gasteiger charge is 2.42. The SMILES string of the molecule is CC(C)(C)c1ccc2c(c1)[C@H]1OC(CO)CC[C@H]1[C@@H](c1cccc(O)c1)N2. The van der Waals surface area contributed by atoms with Gasteiger partial charge in [-0.15, -0.1) is 0 Å². The summed E-state index contributed by atoms with van der Waals surface area (Å²) in [7, 11) is 0. The summed E-state index contributed by atoms with van der Waals surface area (Å²) in [6.07, 6.45) is 1.66. The molecule has 2 heterocycles. The van der Waals surface area contributed by atoms with Gasteiger partial charge in [-0.25, -0.2) is 0 Å². The molecule has 1 saturated heterocycles. The molecule has 2 aromatic rings. The van der Waals surface area contributed by atoms with E-state index in [2.05, 4.69) is 50.4 Å². The third-order valence-corrected chi connectivity index (χ3v) is 5.95. The van der Waals surface area contributed by atoms with Crippen molar-refractivity contribution in [1.82, 2.24) is 0 Å². The molecular weight excluding hydrogens is 338 g/mol. The molecule has 0 amide bonds. The zero-order chi connectivity index (χ0) is 19.2. The summed E-state index contributed by atoms with van der Waals surface area (Å²) in [5.41, 5.74) is 4.68. The number of aliphatic hydroxyl groups is 1. The van der Waals surface area contributed by atoms with Crippen LogP contribution >= 0.6 is 0 Å². The van der Waals surface area contributed by atoms with E-state index in [1.807, 2.05) is 12.1 Å². The van der Waals surface area contributed by atoms with Crippen molar-refractivity contribution in [2.75, 3.05) is 11.9 Å². The van der Waals surface area contributed by atoms with Gasteiger partial charge < -0.3 is 20.3 Å². The van der Waals surface area contributed by atoms with E-state index in [1.54, 1.807) is 6.07 Å². The Morgan fingerprint density at radius 1 is 1.11 bits per heavy atom. The molecule has 2 aromatic carbocycles. The zero-order valence-electron chi connectivity index (χ0n) is 16.3. The van der Waals surface area contributed by atoms with E-state index in [1.165, 1.54) is 11.1 Å². The highest BCUT2D eigenvalue weighted by Crippen LogP contribution is 2.51. The largest absolute Gasteiger partial charge is 0.508 e. The first kappa shape index (κ1) is 18.3. The summed E-state index contributed by atoms with van der Waals surface area (Å²) in [6.45, 7) is 6.71. The predicted molar refractivity (Wildman–Crippen MR) is 107 cm³/mol. The molecule has 1 fully saturated rings. The number of anilines is 1. The molecule has 0 radical (unpaired) electrons. The monoisotopic (exact) mass is 367 g/mol. The molecule has 2 aliphatic heterocycles. The minimum Gasteiger partial charge on any atom is -0.508 e. The Kier molecular flexibility index (Phi) is 4.65. The number of phenolic OH excluding ortho intramolecular Hbond substituents is 1. The maximum Gasteiger partial charge on any atom is 0.115 e. The summed E-state index contributed by atoms with van der Waals surface area (Å²) in [5, 5.41) is 23.3. The lowest BCUT2D eigenvalue weighted by Gasteiger charge is -2.45. The third kappa shape index (κ3) is 3.44. The van der Waals surface area contributed by atoms with Gasteiger partial charge in [-0.2, -0.15) is 0 Å². The van der Waals surface area contributed by atoms with Crippen LogP contribution in [0.4, 0.5) is 5.69 Å². The Hall–Kier alpha value is -2.04. The first-order valence-electron chi connectivity index (χ1n) is 9.83. The number of benzene rings is 2. The van der Waals surface area contributed by atoms with E-state index in [9.17, 15) is 10.2 Å². The van der Waals surface area contributed by atoms with Crippen LogP contribution in [0.15, 0.2) is 42.5 Å². The molecular formula is C23H29NO3. The molecule has 4 nitrogen and oxygen atoms in total. The lowest BCUT2D eigenvalue weighted by molar-refractivity contribution is -0.110. The van der Waals surface area contributed by atoms with Crippen LogP contribution in [0.2, 0.25) is 0 Å². The van der Waals surface area contributed by atoms with Crippen molar-refractivity contribution >= 4 is 5.69 Å². The van der Waals surface area contributed by atoms with Gasteiger partial charge in [0.2, 0.25) is 0 Å². The van der Waals surface area contributed by atoms with Crippen molar-refractivity contribution in [3.05, 3.63) is 59.2 Å². The number of phenols is 1. The van der Waals surface area contributed by atoms with Crippen molar-refractivity contribution in [3.63, 3.8) is 0 Å². The maximum atomic E-state index is 9.95. The van der Waals surface area contributed by atoms with Gasteiger partial charge in [-0.3, -0.25) is 0 Å². The first-order valence-corrected chi connectivity index (χ1v) is 9.83. The smallest absolute Gasteiger partial charge is 0.115 e. The number of aliphatic hydroxyl groups excluding tert-OH is 1. The third-order valence-electron chi connectivity index (χ3n) is 5.95. The van der Waals surface area contributed by atoms with Crippen LogP contribution in [0, 0.1) is 5.92 Å². The Labute approximate surface area is 161 Å². The maximum absolute atomic E-state index is 9.95. The fourth-order valence-corrected chi connectivity index (χ4v) is 4.41. The second-order valence-corrected chi connectivity index (χ2v) is 8.87. The zero-order valence-corrected chi connectivity index (χ0v) is 16.3. The lowest BCUT2D eigenvalue weighted by Crippen LogP contribution is -2.40. The second-order valence-electron chi connectivity index (χ2n) is 8.87. The second kappa shape index (κ2) is 6.84. The highest BCUT2D eigenvalue weighted by molar-refractivity contribution is 5.59. The minimum atomic E-state index is -0.111. The molecule has 0 bridgehead atoms. The average Bonchev–Trinajstić information content (AvgIpc) is 2.65. The van der Waals surface area contributed by atoms with Gasteiger partial charge in [0.05, 0.1) is 24.9 Å². The van der Waals surface area contributed by atoms with Gasteiger partial charge in [0.25, 0.3) is 0 Å². The van der Waals surface area contributed by atoms with Crippen LogP contribution in [0.1, 0.15) is 62.4 Å². The summed E-state index contributed by atoms with van der Waals surface area (Å²) < 4.78 is 6.36. The van der Waals surface area contributed by atoms with E-state index in [0.717, 1.165) is 24.1 Å². The molecule has 0 saturated carbocycles. The molecule has 144 valence electrons. The molecule has 4 atom stereocenters.